The van der Waals surface area contributed by atoms with Gasteiger partial charge in [0, 0.05) is 18.4 Å². The fourth-order valence-electron chi connectivity index (χ4n) is 0.815. The first-order chi connectivity index (χ1) is 6.11. The molecule has 1 aromatic heterocycles. The van der Waals surface area contributed by atoms with Crippen LogP contribution in [0.5, 0.6) is 0 Å². The second-order valence-electron chi connectivity index (χ2n) is 3.45. The summed E-state index contributed by atoms with van der Waals surface area (Å²) >= 11 is 0. The van der Waals surface area contributed by atoms with Crippen LogP contribution in [-0.2, 0) is 0 Å². The van der Waals surface area contributed by atoms with Crippen LogP contribution in [0, 0.1) is 5.92 Å². The number of carbonyl (C=O) groups excluding carboxylic acids is 1. The van der Waals surface area contributed by atoms with E-state index in [4.69, 9.17) is 0 Å². The van der Waals surface area contributed by atoms with Gasteiger partial charge >= 0.3 is 6.03 Å². The first-order valence-electron chi connectivity index (χ1n) is 4.40. The molecular weight excluding hydrogens is 166 g/mol. The Balaban J connectivity index is 2.52. The molecule has 13 heavy (non-hydrogen) atoms. The molecule has 1 N–H and O–H groups in total. The van der Waals surface area contributed by atoms with Crippen molar-refractivity contribution in [3.63, 3.8) is 0 Å². The van der Waals surface area contributed by atoms with E-state index in [1.807, 2.05) is 6.92 Å². The van der Waals surface area contributed by atoms with Crippen molar-refractivity contribution >= 4 is 6.03 Å². The van der Waals surface area contributed by atoms with Gasteiger partial charge in [-0.15, -0.1) is 0 Å². The van der Waals surface area contributed by atoms with Crippen molar-refractivity contribution < 1.29 is 4.79 Å². The van der Waals surface area contributed by atoms with Crippen LogP contribution in [0.2, 0.25) is 0 Å². The van der Waals surface area contributed by atoms with Crippen molar-refractivity contribution in [3.05, 3.63) is 18.7 Å². The van der Waals surface area contributed by atoms with Crippen molar-refractivity contribution in [2.45, 2.75) is 26.8 Å². The molecule has 0 bridgehead atoms. The lowest BCUT2D eigenvalue weighted by molar-refractivity contribution is 0.236. The van der Waals surface area contributed by atoms with Crippen LogP contribution >= 0.6 is 0 Å². The molecule has 0 saturated heterocycles. The van der Waals surface area contributed by atoms with Crippen LogP contribution in [0.4, 0.5) is 4.79 Å². The molecule has 1 atom stereocenters. The van der Waals surface area contributed by atoms with E-state index in [1.165, 1.54) is 10.9 Å². The first-order valence-corrected chi connectivity index (χ1v) is 4.40. The molecule has 0 aromatic carbocycles. The Bertz CT molecular complexity index is 266. The predicted molar refractivity (Wildman–Crippen MR) is 50.5 cm³/mol. The van der Waals surface area contributed by atoms with Gasteiger partial charge in [-0.3, -0.25) is 4.57 Å². The molecule has 0 aliphatic rings. The summed E-state index contributed by atoms with van der Waals surface area (Å²) < 4.78 is 1.43. The van der Waals surface area contributed by atoms with Gasteiger partial charge in [0.15, 0.2) is 0 Å². The van der Waals surface area contributed by atoms with Crippen LogP contribution in [0.1, 0.15) is 20.8 Å². The maximum Gasteiger partial charge on any atom is 0.327 e. The molecule has 1 rings (SSSR count). The quantitative estimate of drug-likeness (QED) is 0.751. The van der Waals surface area contributed by atoms with Crippen LogP contribution in [-0.4, -0.2) is 21.6 Å². The van der Waals surface area contributed by atoms with E-state index in [0.717, 1.165) is 0 Å². The summed E-state index contributed by atoms with van der Waals surface area (Å²) in [6.45, 7) is 6.12. The van der Waals surface area contributed by atoms with Gasteiger partial charge in [-0.05, 0) is 12.8 Å². The van der Waals surface area contributed by atoms with E-state index in [1.54, 1.807) is 12.4 Å². The summed E-state index contributed by atoms with van der Waals surface area (Å²) in [6, 6.07) is 0.0496. The molecule has 0 aliphatic carbocycles. The fraction of sp³-hybridized carbons (Fsp3) is 0.556. The summed E-state index contributed by atoms with van der Waals surface area (Å²) in [5.74, 6) is 0.437. The normalized spacial score (nSPS) is 12.9. The zero-order valence-electron chi connectivity index (χ0n) is 8.19. The third-order valence-corrected chi connectivity index (χ3v) is 2.09. The van der Waals surface area contributed by atoms with Gasteiger partial charge in [0.1, 0.15) is 6.33 Å². The number of aromatic nitrogens is 2. The Morgan fingerprint density at radius 2 is 2.15 bits per heavy atom. The highest BCUT2D eigenvalue weighted by atomic mass is 16.2. The Morgan fingerprint density at radius 3 is 2.62 bits per heavy atom. The van der Waals surface area contributed by atoms with Gasteiger partial charge in [0.05, 0.1) is 0 Å². The lowest BCUT2D eigenvalue weighted by Gasteiger charge is -2.17. The van der Waals surface area contributed by atoms with Crippen LogP contribution in [0.25, 0.3) is 0 Å². The maximum absolute atomic E-state index is 11.4. The van der Waals surface area contributed by atoms with Crippen molar-refractivity contribution in [1.29, 1.82) is 0 Å². The smallest absolute Gasteiger partial charge is 0.327 e. The number of amides is 1. The molecule has 0 saturated carbocycles. The standard InChI is InChI=1S/C9H15N3O/c1-7(2)8(3)11-9(13)12-5-4-10-6-12/h4-8H,1-3H3,(H,11,13)/t8-/m1/s1. The maximum atomic E-state index is 11.4. The second kappa shape index (κ2) is 4.07. The van der Waals surface area contributed by atoms with Crippen LogP contribution < -0.4 is 5.32 Å². The zero-order chi connectivity index (χ0) is 9.84. The number of rotatable bonds is 2. The molecule has 0 fully saturated rings. The fourth-order valence-corrected chi connectivity index (χ4v) is 0.815. The molecule has 4 nitrogen and oxygen atoms in total. The largest absolute Gasteiger partial charge is 0.335 e. The first kappa shape index (κ1) is 9.77. The van der Waals surface area contributed by atoms with Gasteiger partial charge in [0.25, 0.3) is 0 Å². The zero-order valence-corrected chi connectivity index (χ0v) is 8.19. The average Bonchev–Trinajstić information content (AvgIpc) is 2.55. The lowest BCUT2D eigenvalue weighted by atomic mass is 10.1. The van der Waals surface area contributed by atoms with E-state index in [2.05, 4.69) is 24.1 Å². The second-order valence-corrected chi connectivity index (χ2v) is 3.45. The van der Waals surface area contributed by atoms with Gasteiger partial charge < -0.3 is 5.32 Å². The topological polar surface area (TPSA) is 46.9 Å². The van der Waals surface area contributed by atoms with E-state index in [0.29, 0.717) is 5.92 Å². The van der Waals surface area contributed by atoms with Crippen molar-refractivity contribution in [2.75, 3.05) is 0 Å². The highest BCUT2D eigenvalue weighted by molar-refractivity contribution is 5.76. The molecule has 0 aliphatic heterocycles. The van der Waals surface area contributed by atoms with E-state index < -0.39 is 0 Å². The molecule has 1 aromatic rings. The number of nitrogens with one attached hydrogen (secondary N) is 1. The van der Waals surface area contributed by atoms with Gasteiger partial charge in [0.2, 0.25) is 0 Å². The summed E-state index contributed by atoms with van der Waals surface area (Å²) in [5.41, 5.74) is 0. The molecule has 1 amide bonds. The van der Waals surface area contributed by atoms with Gasteiger partial charge in [-0.2, -0.15) is 0 Å². The number of hydrogen-bond donors (Lipinski definition) is 1. The third-order valence-electron chi connectivity index (χ3n) is 2.09. The summed E-state index contributed by atoms with van der Waals surface area (Å²) in [7, 11) is 0. The highest BCUT2D eigenvalue weighted by Crippen LogP contribution is 2.00. The van der Waals surface area contributed by atoms with E-state index in [9.17, 15) is 4.79 Å². The number of imidazole rings is 1. The highest BCUT2D eigenvalue weighted by Gasteiger charge is 2.10. The van der Waals surface area contributed by atoms with Crippen molar-refractivity contribution in [2.24, 2.45) is 5.92 Å². The summed E-state index contributed by atoms with van der Waals surface area (Å²) in [5, 5.41) is 2.87. The summed E-state index contributed by atoms with van der Waals surface area (Å²) in [4.78, 5) is 15.2. The molecule has 0 spiro atoms. The Hall–Kier alpha value is -1.32. The van der Waals surface area contributed by atoms with Crippen LogP contribution in [0.3, 0.4) is 0 Å². The summed E-state index contributed by atoms with van der Waals surface area (Å²) in [6.07, 6.45) is 4.70. The molecule has 0 radical (unpaired) electrons. The van der Waals surface area contributed by atoms with E-state index >= 15 is 0 Å². The third kappa shape index (κ3) is 2.57. The molecule has 1 heterocycles. The lowest BCUT2D eigenvalue weighted by Crippen LogP contribution is -2.38. The SMILES string of the molecule is CC(C)[C@@H](C)NC(=O)n1ccnc1. The van der Waals surface area contributed by atoms with Gasteiger partial charge in [-0.25, -0.2) is 9.78 Å². The molecular formula is C9H15N3O. The number of carbonyl (C=O) groups is 1. The van der Waals surface area contributed by atoms with Crippen molar-refractivity contribution in [3.8, 4) is 0 Å². The molecule has 4 heteroatoms. The number of hydrogen-bond acceptors (Lipinski definition) is 2. The Kier molecular flexibility index (Phi) is 3.06. The number of nitrogens with zero attached hydrogens (tertiary/aromatic N) is 2. The predicted octanol–water partition coefficient (Wildman–Crippen LogP) is 1.49. The van der Waals surface area contributed by atoms with E-state index in [-0.39, 0.29) is 12.1 Å². The van der Waals surface area contributed by atoms with Crippen molar-refractivity contribution in [1.82, 2.24) is 14.9 Å². The minimum Gasteiger partial charge on any atom is -0.335 e. The van der Waals surface area contributed by atoms with Gasteiger partial charge in [-0.1, -0.05) is 13.8 Å². The Labute approximate surface area is 78.0 Å². The minimum atomic E-state index is -0.126. The minimum absolute atomic E-state index is 0.126. The average molecular weight is 181 g/mol. The molecule has 0 unspecified atom stereocenters. The Morgan fingerprint density at radius 1 is 1.46 bits per heavy atom. The molecule has 72 valence electrons. The van der Waals surface area contributed by atoms with Crippen LogP contribution in [0.15, 0.2) is 18.7 Å². The monoisotopic (exact) mass is 181 g/mol.